The number of carbonyl (C=O) groups excluding carboxylic acids is 1. The van der Waals surface area contributed by atoms with Crippen molar-refractivity contribution in [3.05, 3.63) is 28.7 Å². The Morgan fingerprint density at radius 3 is 2.70 bits per heavy atom. The number of likely N-dealkylation sites (tertiary alicyclic amines) is 1. The SMILES string of the molecule is CC(Oc1ccc(Br)cc1)C(=O)N1CCCC(N)C1.Cl. The molecule has 0 bridgehead atoms. The van der Waals surface area contributed by atoms with Gasteiger partial charge in [-0.25, -0.2) is 0 Å². The minimum absolute atomic E-state index is 0. The number of amides is 1. The lowest BCUT2D eigenvalue weighted by Crippen LogP contribution is -2.49. The van der Waals surface area contributed by atoms with Crippen molar-refractivity contribution < 1.29 is 9.53 Å². The van der Waals surface area contributed by atoms with E-state index in [2.05, 4.69) is 15.9 Å². The lowest BCUT2D eigenvalue weighted by Gasteiger charge is -2.32. The zero-order chi connectivity index (χ0) is 13.8. The molecule has 1 saturated heterocycles. The van der Waals surface area contributed by atoms with Crippen LogP contribution in [0.5, 0.6) is 5.75 Å². The van der Waals surface area contributed by atoms with Crippen LogP contribution in [-0.4, -0.2) is 36.0 Å². The predicted octanol–water partition coefficient (Wildman–Crippen LogP) is 2.59. The maximum Gasteiger partial charge on any atom is 0.263 e. The predicted molar refractivity (Wildman–Crippen MR) is 85.3 cm³/mol. The summed E-state index contributed by atoms with van der Waals surface area (Å²) in [5.41, 5.74) is 5.89. The summed E-state index contributed by atoms with van der Waals surface area (Å²) in [6.45, 7) is 3.19. The van der Waals surface area contributed by atoms with Crippen LogP contribution < -0.4 is 10.5 Å². The van der Waals surface area contributed by atoms with Gasteiger partial charge in [0.2, 0.25) is 0 Å². The van der Waals surface area contributed by atoms with Gasteiger partial charge in [0.15, 0.2) is 6.10 Å². The molecule has 0 radical (unpaired) electrons. The second-order valence-corrected chi connectivity index (χ2v) is 5.82. The number of nitrogens with two attached hydrogens (primary N) is 1. The highest BCUT2D eigenvalue weighted by Gasteiger charge is 2.26. The van der Waals surface area contributed by atoms with Crippen LogP contribution in [-0.2, 0) is 4.79 Å². The molecule has 0 saturated carbocycles. The smallest absolute Gasteiger partial charge is 0.263 e. The van der Waals surface area contributed by atoms with Gasteiger partial charge in [-0.15, -0.1) is 12.4 Å². The third-order valence-corrected chi connectivity index (χ3v) is 3.77. The summed E-state index contributed by atoms with van der Waals surface area (Å²) >= 11 is 3.37. The van der Waals surface area contributed by atoms with Crippen LogP contribution >= 0.6 is 28.3 Å². The van der Waals surface area contributed by atoms with E-state index in [0.717, 1.165) is 23.9 Å². The average molecular weight is 364 g/mol. The molecule has 112 valence electrons. The minimum atomic E-state index is -0.480. The van der Waals surface area contributed by atoms with Gasteiger partial charge in [0.05, 0.1) is 0 Å². The van der Waals surface area contributed by atoms with Crippen molar-refractivity contribution in [3.8, 4) is 5.75 Å². The number of nitrogens with zero attached hydrogens (tertiary/aromatic N) is 1. The molecule has 1 aliphatic rings. The highest BCUT2D eigenvalue weighted by Crippen LogP contribution is 2.18. The lowest BCUT2D eigenvalue weighted by molar-refractivity contribution is -0.139. The van der Waals surface area contributed by atoms with Crippen molar-refractivity contribution >= 4 is 34.2 Å². The number of hydrogen-bond donors (Lipinski definition) is 1. The Balaban J connectivity index is 0.00000200. The molecule has 0 spiro atoms. The third-order valence-electron chi connectivity index (χ3n) is 3.24. The molecular formula is C14H20BrClN2O2. The highest BCUT2D eigenvalue weighted by molar-refractivity contribution is 9.10. The Morgan fingerprint density at radius 2 is 2.10 bits per heavy atom. The van der Waals surface area contributed by atoms with E-state index in [1.165, 1.54) is 0 Å². The van der Waals surface area contributed by atoms with E-state index in [0.29, 0.717) is 12.3 Å². The number of ether oxygens (including phenoxy) is 1. The van der Waals surface area contributed by atoms with Crippen molar-refractivity contribution in [3.63, 3.8) is 0 Å². The molecule has 2 unspecified atom stereocenters. The summed E-state index contributed by atoms with van der Waals surface area (Å²) in [5, 5.41) is 0. The van der Waals surface area contributed by atoms with Gasteiger partial charge in [-0.3, -0.25) is 4.79 Å². The second kappa shape index (κ2) is 7.86. The summed E-state index contributed by atoms with van der Waals surface area (Å²) < 4.78 is 6.65. The van der Waals surface area contributed by atoms with Crippen LogP contribution in [0.15, 0.2) is 28.7 Å². The summed E-state index contributed by atoms with van der Waals surface area (Å²) in [4.78, 5) is 14.1. The number of halogens is 2. The monoisotopic (exact) mass is 362 g/mol. The molecule has 0 aliphatic carbocycles. The third kappa shape index (κ3) is 4.65. The standard InChI is InChI=1S/C14H19BrN2O2.ClH/c1-10(19-13-6-4-11(15)5-7-13)14(18)17-8-2-3-12(16)9-17;/h4-7,10,12H,2-3,8-9,16H2,1H3;1H. The van der Waals surface area contributed by atoms with Crippen LogP contribution in [0.25, 0.3) is 0 Å². The second-order valence-electron chi connectivity index (χ2n) is 4.90. The Bertz CT molecular complexity index is 441. The fourth-order valence-corrected chi connectivity index (χ4v) is 2.50. The molecule has 1 amide bonds. The van der Waals surface area contributed by atoms with Crippen LogP contribution in [0.1, 0.15) is 19.8 Å². The topological polar surface area (TPSA) is 55.6 Å². The molecule has 20 heavy (non-hydrogen) atoms. The first-order valence-electron chi connectivity index (χ1n) is 6.53. The van der Waals surface area contributed by atoms with E-state index >= 15 is 0 Å². The summed E-state index contributed by atoms with van der Waals surface area (Å²) in [6.07, 6.45) is 1.48. The molecule has 1 aliphatic heterocycles. The van der Waals surface area contributed by atoms with E-state index in [4.69, 9.17) is 10.5 Å². The molecule has 1 aromatic rings. The molecule has 2 rings (SSSR count). The van der Waals surface area contributed by atoms with Crippen LogP contribution in [0.3, 0.4) is 0 Å². The molecule has 6 heteroatoms. The van der Waals surface area contributed by atoms with Gasteiger partial charge < -0.3 is 15.4 Å². The lowest BCUT2D eigenvalue weighted by atomic mass is 10.1. The largest absolute Gasteiger partial charge is 0.481 e. The first-order valence-corrected chi connectivity index (χ1v) is 7.32. The Kier molecular flexibility index (Phi) is 6.79. The van der Waals surface area contributed by atoms with Crippen molar-refractivity contribution in [1.82, 2.24) is 4.90 Å². The van der Waals surface area contributed by atoms with E-state index in [1.807, 2.05) is 24.3 Å². The zero-order valence-corrected chi connectivity index (χ0v) is 13.8. The number of hydrogen-bond acceptors (Lipinski definition) is 3. The fourth-order valence-electron chi connectivity index (χ4n) is 2.23. The van der Waals surface area contributed by atoms with Gasteiger partial charge in [-0.05, 0) is 44.0 Å². The van der Waals surface area contributed by atoms with E-state index in [1.54, 1.807) is 11.8 Å². The normalized spacial score (nSPS) is 19.9. The first-order chi connectivity index (χ1) is 9.06. The Morgan fingerprint density at radius 1 is 1.45 bits per heavy atom. The van der Waals surface area contributed by atoms with Gasteiger partial charge in [0, 0.05) is 23.6 Å². The molecule has 1 aromatic carbocycles. The highest BCUT2D eigenvalue weighted by atomic mass is 79.9. The molecule has 4 nitrogen and oxygen atoms in total. The Hall–Kier alpha value is -0.780. The summed E-state index contributed by atoms with van der Waals surface area (Å²) in [6, 6.07) is 7.57. The van der Waals surface area contributed by atoms with Crippen LogP contribution in [0.4, 0.5) is 0 Å². The summed E-state index contributed by atoms with van der Waals surface area (Å²) in [7, 11) is 0. The number of benzene rings is 1. The van der Waals surface area contributed by atoms with E-state index < -0.39 is 6.10 Å². The molecule has 2 N–H and O–H groups in total. The zero-order valence-electron chi connectivity index (χ0n) is 11.4. The van der Waals surface area contributed by atoms with Crippen molar-refractivity contribution in [2.45, 2.75) is 31.9 Å². The van der Waals surface area contributed by atoms with Gasteiger partial charge in [-0.2, -0.15) is 0 Å². The van der Waals surface area contributed by atoms with Gasteiger partial charge in [0.25, 0.3) is 5.91 Å². The van der Waals surface area contributed by atoms with Crippen molar-refractivity contribution in [1.29, 1.82) is 0 Å². The summed E-state index contributed by atoms with van der Waals surface area (Å²) in [5.74, 6) is 0.712. The van der Waals surface area contributed by atoms with Crippen LogP contribution in [0.2, 0.25) is 0 Å². The maximum atomic E-state index is 12.3. The molecule has 1 fully saturated rings. The van der Waals surface area contributed by atoms with Crippen LogP contribution in [0, 0.1) is 0 Å². The van der Waals surface area contributed by atoms with Crippen molar-refractivity contribution in [2.24, 2.45) is 5.73 Å². The van der Waals surface area contributed by atoms with E-state index in [9.17, 15) is 4.79 Å². The van der Waals surface area contributed by atoms with E-state index in [-0.39, 0.29) is 24.4 Å². The molecular weight excluding hydrogens is 344 g/mol. The quantitative estimate of drug-likeness (QED) is 0.898. The molecule has 1 heterocycles. The fraction of sp³-hybridized carbons (Fsp3) is 0.500. The first kappa shape index (κ1) is 17.3. The van der Waals surface area contributed by atoms with Gasteiger partial charge in [0.1, 0.15) is 5.75 Å². The molecule has 2 atom stereocenters. The van der Waals surface area contributed by atoms with Crippen molar-refractivity contribution in [2.75, 3.05) is 13.1 Å². The average Bonchev–Trinajstić information content (AvgIpc) is 2.40. The number of piperidine rings is 1. The Labute approximate surface area is 134 Å². The maximum absolute atomic E-state index is 12.3. The minimum Gasteiger partial charge on any atom is -0.481 e. The number of carbonyl (C=O) groups is 1. The van der Waals surface area contributed by atoms with Gasteiger partial charge >= 0.3 is 0 Å². The molecule has 0 aromatic heterocycles. The van der Waals surface area contributed by atoms with Gasteiger partial charge in [-0.1, -0.05) is 15.9 Å². The number of rotatable bonds is 3.